The third kappa shape index (κ3) is 3.26. The van der Waals surface area contributed by atoms with Gasteiger partial charge in [-0.25, -0.2) is 0 Å². The van der Waals surface area contributed by atoms with Crippen LogP contribution in [0.25, 0.3) is 0 Å². The van der Waals surface area contributed by atoms with Gasteiger partial charge < -0.3 is 4.90 Å². The molecular weight excluding hydrogens is 286 g/mol. The SMILES string of the molecule is C=CCN(c1ccc([N+](=O)[O-])cc1)c1ccc([N+](=O)[O-])cc1. The van der Waals surface area contributed by atoms with Crippen molar-refractivity contribution in [3.8, 4) is 0 Å². The van der Waals surface area contributed by atoms with E-state index in [1.807, 2.05) is 4.90 Å². The van der Waals surface area contributed by atoms with Crippen molar-refractivity contribution in [1.29, 1.82) is 0 Å². The highest BCUT2D eigenvalue weighted by Gasteiger charge is 2.12. The summed E-state index contributed by atoms with van der Waals surface area (Å²) in [7, 11) is 0. The Balaban J connectivity index is 2.34. The first kappa shape index (κ1) is 15.2. The van der Waals surface area contributed by atoms with Gasteiger partial charge in [-0.1, -0.05) is 6.08 Å². The van der Waals surface area contributed by atoms with Gasteiger partial charge in [-0.05, 0) is 24.3 Å². The molecule has 0 saturated carbocycles. The Hall–Kier alpha value is -3.22. The van der Waals surface area contributed by atoms with Crippen molar-refractivity contribution in [3.63, 3.8) is 0 Å². The second-order valence-corrected chi connectivity index (χ2v) is 4.45. The topological polar surface area (TPSA) is 89.5 Å². The second-order valence-electron chi connectivity index (χ2n) is 4.45. The summed E-state index contributed by atoms with van der Waals surface area (Å²) in [5.74, 6) is 0. The minimum atomic E-state index is -0.465. The number of rotatable bonds is 6. The molecule has 0 bridgehead atoms. The van der Waals surface area contributed by atoms with Crippen LogP contribution in [0.1, 0.15) is 0 Å². The molecule has 2 aromatic rings. The molecule has 0 aliphatic rings. The van der Waals surface area contributed by atoms with Crippen LogP contribution in [-0.4, -0.2) is 16.4 Å². The second kappa shape index (κ2) is 6.49. The predicted molar refractivity (Wildman–Crippen MR) is 83.4 cm³/mol. The van der Waals surface area contributed by atoms with Crippen LogP contribution in [0.2, 0.25) is 0 Å². The summed E-state index contributed by atoms with van der Waals surface area (Å²) in [5.41, 5.74) is 1.48. The van der Waals surface area contributed by atoms with Crippen molar-refractivity contribution in [2.45, 2.75) is 0 Å². The molecule has 0 unspecified atom stereocenters. The van der Waals surface area contributed by atoms with Gasteiger partial charge in [0.25, 0.3) is 11.4 Å². The lowest BCUT2D eigenvalue weighted by Crippen LogP contribution is -2.16. The van der Waals surface area contributed by atoms with Gasteiger partial charge in [-0.2, -0.15) is 0 Å². The fraction of sp³-hybridized carbons (Fsp3) is 0.0667. The first-order valence-corrected chi connectivity index (χ1v) is 6.40. The molecule has 2 aromatic carbocycles. The van der Waals surface area contributed by atoms with Crippen LogP contribution in [0.5, 0.6) is 0 Å². The summed E-state index contributed by atoms with van der Waals surface area (Å²) in [4.78, 5) is 22.3. The van der Waals surface area contributed by atoms with Crippen molar-refractivity contribution < 1.29 is 9.85 Å². The lowest BCUT2D eigenvalue weighted by atomic mass is 10.2. The molecule has 0 fully saturated rings. The summed E-state index contributed by atoms with van der Waals surface area (Å²) in [5, 5.41) is 21.4. The van der Waals surface area contributed by atoms with E-state index in [-0.39, 0.29) is 11.4 Å². The number of anilines is 2. The Bertz CT molecular complexity index is 638. The van der Waals surface area contributed by atoms with Gasteiger partial charge in [0, 0.05) is 42.2 Å². The third-order valence-electron chi connectivity index (χ3n) is 3.06. The van der Waals surface area contributed by atoms with Crippen molar-refractivity contribution in [1.82, 2.24) is 0 Å². The average molecular weight is 299 g/mol. The maximum Gasteiger partial charge on any atom is 0.269 e. The van der Waals surface area contributed by atoms with Gasteiger partial charge in [-0.15, -0.1) is 6.58 Å². The molecule has 0 heterocycles. The van der Waals surface area contributed by atoms with E-state index in [4.69, 9.17) is 0 Å². The maximum atomic E-state index is 10.7. The molecule has 0 radical (unpaired) electrons. The monoisotopic (exact) mass is 299 g/mol. The zero-order valence-electron chi connectivity index (χ0n) is 11.6. The molecule has 7 nitrogen and oxygen atoms in total. The van der Waals surface area contributed by atoms with Crippen LogP contribution in [0, 0.1) is 20.2 Å². The molecule has 0 amide bonds. The average Bonchev–Trinajstić information content (AvgIpc) is 2.53. The van der Waals surface area contributed by atoms with Gasteiger partial charge >= 0.3 is 0 Å². The predicted octanol–water partition coefficient (Wildman–Crippen LogP) is 3.83. The molecule has 0 aromatic heterocycles. The smallest absolute Gasteiger partial charge is 0.269 e. The van der Waals surface area contributed by atoms with Crippen LogP contribution >= 0.6 is 0 Å². The quantitative estimate of drug-likeness (QED) is 0.459. The molecule has 22 heavy (non-hydrogen) atoms. The minimum Gasteiger partial charge on any atom is -0.338 e. The third-order valence-corrected chi connectivity index (χ3v) is 3.06. The molecule has 0 aliphatic heterocycles. The van der Waals surface area contributed by atoms with E-state index in [2.05, 4.69) is 6.58 Å². The molecule has 112 valence electrons. The number of nitro groups is 2. The van der Waals surface area contributed by atoms with E-state index in [1.165, 1.54) is 24.3 Å². The highest BCUT2D eigenvalue weighted by atomic mass is 16.6. The van der Waals surface area contributed by atoms with Crippen LogP contribution in [0.3, 0.4) is 0 Å². The molecule has 7 heteroatoms. The minimum absolute atomic E-state index is 0.00556. The van der Waals surface area contributed by atoms with Gasteiger partial charge in [0.1, 0.15) is 0 Å². The van der Waals surface area contributed by atoms with Gasteiger partial charge in [-0.3, -0.25) is 20.2 Å². The summed E-state index contributed by atoms with van der Waals surface area (Å²) >= 11 is 0. The van der Waals surface area contributed by atoms with Gasteiger partial charge in [0.05, 0.1) is 9.85 Å². The first-order chi connectivity index (χ1) is 10.5. The zero-order valence-corrected chi connectivity index (χ0v) is 11.6. The number of nitro benzene ring substituents is 2. The number of hydrogen-bond donors (Lipinski definition) is 0. The molecule has 0 saturated heterocycles. The molecule has 0 N–H and O–H groups in total. The molecular formula is C15H13N3O4. The zero-order chi connectivity index (χ0) is 16.1. The van der Waals surface area contributed by atoms with Gasteiger partial charge in [0.2, 0.25) is 0 Å². The van der Waals surface area contributed by atoms with E-state index < -0.39 is 9.85 Å². The lowest BCUT2D eigenvalue weighted by Gasteiger charge is -2.23. The van der Waals surface area contributed by atoms with E-state index in [9.17, 15) is 20.2 Å². The van der Waals surface area contributed by atoms with E-state index in [0.717, 1.165) is 11.4 Å². The normalized spacial score (nSPS) is 10.0. The van der Waals surface area contributed by atoms with Crippen molar-refractivity contribution in [3.05, 3.63) is 81.4 Å². The fourth-order valence-electron chi connectivity index (χ4n) is 2.00. The van der Waals surface area contributed by atoms with E-state index in [0.29, 0.717) is 6.54 Å². The number of nitrogens with zero attached hydrogens (tertiary/aromatic N) is 3. The molecule has 2 rings (SSSR count). The lowest BCUT2D eigenvalue weighted by molar-refractivity contribution is -0.385. The Kier molecular flexibility index (Phi) is 4.47. The molecule has 0 atom stereocenters. The number of benzene rings is 2. The van der Waals surface area contributed by atoms with E-state index in [1.54, 1.807) is 30.3 Å². The molecule has 0 spiro atoms. The van der Waals surface area contributed by atoms with Crippen LogP contribution < -0.4 is 4.90 Å². The standard InChI is InChI=1S/C15H13N3O4/c1-2-11-16(12-3-7-14(8-4-12)17(19)20)13-5-9-15(10-6-13)18(21)22/h2-10H,1,11H2. The van der Waals surface area contributed by atoms with Crippen LogP contribution in [0.15, 0.2) is 61.2 Å². The highest BCUT2D eigenvalue weighted by molar-refractivity contribution is 5.65. The highest BCUT2D eigenvalue weighted by Crippen LogP contribution is 2.28. The molecule has 0 aliphatic carbocycles. The van der Waals surface area contributed by atoms with Crippen molar-refractivity contribution in [2.24, 2.45) is 0 Å². The summed E-state index contributed by atoms with van der Waals surface area (Å²) in [6.45, 7) is 4.15. The Morgan fingerprint density at radius 3 is 1.50 bits per heavy atom. The van der Waals surface area contributed by atoms with Crippen molar-refractivity contribution in [2.75, 3.05) is 11.4 Å². The largest absolute Gasteiger partial charge is 0.338 e. The van der Waals surface area contributed by atoms with Crippen molar-refractivity contribution >= 4 is 22.7 Å². The summed E-state index contributed by atoms with van der Waals surface area (Å²) in [6.07, 6.45) is 1.68. The number of non-ortho nitro benzene ring substituents is 2. The first-order valence-electron chi connectivity index (χ1n) is 6.40. The summed E-state index contributed by atoms with van der Waals surface area (Å²) in [6, 6.07) is 12.2. The van der Waals surface area contributed by atoms with Crippen LogP contribution in [-0.2, 0) is 0 Å². The Labute approximate surface area is 126 Å². The Morgan fingerprint density at radius 1 is 0.864 bits per heavy atom. The number of hydrogen-bond acceptors (Lipinski definition) is 5. The Morgan fingerprint density at radius 2 is 1.23 bits per heavy atom. The van der Waals surface area contributed by atoms with E-state index >= 15 is 0 Å². The maximum absolute atomic E-state index is 10.7. The van der Waals surface area contributed by atoms with Gasteiger partial charge in [0.15, 0.2) is 0 Å². The fourth-order valence-corrected chi connectivity index (χ4v) is 2.00. The van der Waals surface area contributed by atoms with Crippen LogP contribution in [0.4, 0.5) is 22.7 Å². The summed E-state index contributed by atoms with van der Waals surface area (Å²) < 4.78 is 0.